The molecule has 0 fully saturated rings. The summed E-state index contributed by atoms with van der Waals surface area (Å²) in [6.45, 7) is 1.79. The molecule has 0 spiro atoms. The van der Waals surface area contributed by atoms with E-state index in [1.807, 2.05) is 0 Å². The van der Waals surface area contributed by atoms with Gasteiger partial charge in [-0.2, -0.15) is 0 Å². The minimum absolute atomic E-state index is 0.0786. The summed E-state index contributed by atoms with van der Waals surface area (Å²) in [6.07, 6.45) is 1.59. The van der Waals surface area contributed by atoms with Gasteiger partial charge in [-0.3, -0.25) is 4.79 Å². The second kappa shape index (κ2) is 3.18. The number of aliphatic carboxylic acids is 1. The van der Waals surface area contributed by atoms with Crippen molar-refractivity contribution in [1.82, 2.24) is 5.16 Å². The van der Waals surface area contributed by atoms with Gasteiger partial charge in [0.15, 0.2) is 0 Å². The van der Waals surface area contributed by atoms with E-state index in [0.29, 0.717) is 5.76 Å². The first kappa shape index (κ1) is 7.78. The lowest BCUT2D eigenvalue weighted by Gasteiger charge is -2.01. The van der Waals surface area contributed by atoms with Crippen LogP contribution < -0.4 is 0 Å². The van der Waals surface area contributed by atoms with Crippen molar-refractivity contribution in [2.75, 3.05) is 0 Å². The van der Waals surface area contributed by atoms with E-state index in [4.69, 9.17) is 9.63 Å². The lowest BCUT2D eigenvalue weighted by Crippen LogP contribution is -2.01. The fraction of sp³-hybridized carbons (Fsp3) is 0.429. The third-order valence-corrected chi connectivity index (χ3v) is 1.42. The van der Waals surface area contributed by atoms with Gasteiger partial charge in [-0.05, 0) is 0 Å². The van der Waals surface area contributed by atoms with Crippen molar-refractivity contribution in [1.29, 1.82) is 0 Å². The number of carboxylic acids is 1. The van der Waals surface area contributed by atoms with E-state index in [9.17, 15) is 4.79 Å². The fourth-order valence-corrected chi connectivity index (χ4v) is 0.842. The van der Waals surface area contributed by atoms with Crippen LogP contribution in [-0.2, 0) is 4.79 Å². The van der Waals surface area contributed by atoms with Crippen LogP contribution >= 0.6 is 0 Å². The summed E-state index contributed by atoms with van der Waals surface area (Å²) in [5, 5.41) is 11.9. The number of carbonyl (C=O) groups is 1. The van der Waals surface area contributed by atoms with Gasteiger partial charge in [-0.15, -0.1) is 0 Å². The highest BCUT2D eigenvalue weighted by Crippen LogP contribution is 2.17. The maximum absolute atomic E-state index is 10.2. The Morgan fingerprint density at radius 2 is 2.64 bits per heavy atom. The number of nitrogens with zero attached hydrogens (tertiary/aromatic N) is 1. The van der Waals surface area contributed by atoms with Crippen LogP contribution in [0.1, 0.15) is 25.0 Å². The molecule has 60 valence electrons. The number of carboxylic acid groups (broad SMARTS) is 1. The van der Waals surface area contributed by atoms with E-state index in [-0.39, 0.29) is 12.3 Å². The molecular weight excluding hydrogens is 146 g/mol. The van der Waals surface area contributed by atoms with Crippen LogP contribution in [-0.4, -0.2) is 16.2 Å². The third-order valence-electron chi connectivity index (χ3n) is 1.42. The molecule has 0 saturated carbocycles. The van der Waals surface area contributed by atoms with Gasteiger partial charge in [0.2, 0.25) is 0 Å². The molecule has 4 heteroatoms. The SMILES string of the molecule is CC(CC(=O)O)c1ccno1. The number of hydrogen-bond donors (Lipinski definition) is 1. The number of hydrogen-bond acceptors (Lipinski definition) is 3. The van der Waals surface area contributed by atoms with Crippen LogP contribution in [0, 0.1) is 0 Å². The monoisotopic (exact) mass is 155 g/mol. The maximum atomic E-state index is 10.2. The molecule has 0 aromatic carbocycles. The lowest BCUT2D eigenvalue weighted by atomic mass is 10.1. The molecule has 1 aromatic rings. The molecule has 1 aromatic heterocycles. The van der Waals surface area contributed by atoms with Crippen molar-refractivity contribution in [3.05, 3.63) is 18.0 Å². The molecule has 1 unspecified atom stereocenters. The minimum Gasteiger partial charge on any atom is -0.481 e. The molecule has 1 atom stereocenters. The predicted octanol–water partition coefficient (Wildman–Crippen LogP) is 1.25. The molecule has 1 heterocycles. The molecule has 1 rings (SSSR count). The highest BCUT2D eigenvalue weighted by molar-refractivity contribution is 5.67. The van der Waals surface area contributed by atoms with Crippen LogP contribution in [0.2, 0.25) is 0 Å². The molecule has 0 amide bonds. The smallest absolute Gasteiger partial charge is 0.304 e. The molecular formula is C7H9NO3. The normalized spacial score (nSPS) is 12.8. The topological polar surface area (TPSA) is 63.3 Å². The van der Waals surface area contributed by atoms with Crippen molar-refractivity contribution in [2.45, 2.75) is 19.3 Å². The first-order valence-electron chi connectivity index (χ1n) is 3.32. The van der Waals surface area contributed by atoms with E-state index in [0.717, 1.165) is 0 Å². The molecule has 0 radical (unpaired) electrons. The van der Waals surface area contributed by atoms with Gasteiger partial charge < -0.3 is 9.63 Å². The van der Waals surface area contributed by atoms with Crippen molar-refractivity contribution in [3.8, 4) is 0 Å². The van der Waals surface area contributed by atoms with Crippen molar-refractivity contribution < 1.29 is 14.4 Å². The Hall–Kier alpha value is -1.32. The van der Waals surface area contributed by atoms with Crippen LogP contribution in [0.3, 0.4) is 0 Å². The van der Waals surface area contributed by atoms with Crippen LogP contribution in [0.25, 0.3) is 0 Å². The van der Waals surface area contributed by atoms with Crippen molar-refractivity contribution in [3.63, 3.8) is 0 Å². The van der Waals surface area contributed by atoms with Crippen molar-refractivity contribution in [2.24, 2.45) is 0 Å². The molecule has 0 aliphatic heterocycles. The molecule has 4 nitrogen and oxygen atoms in total. The van der Waals surface area contributed by atoms with Crippen LogP contribution in [0.15, 0.2) is 16.8 Å². The van der Waals surface area contributed by atoms with Gasteiger partial charge in [0.05, 0.1) is 12.6 Å². The van der Waals surface area contributed by atoms with E-state index in [1.54, 1.807) is 13.0 Å². The van der Waals surface area contributed by atoms with Gasteiger partial charge in [0, 0.05) is 12.0 Å². The highest BCUT2D eigenvalue weighted by atomic mass is 16.5. The lowest BCUT2D eigenvalue weighted by molar-refractivity contribution is -0.137. The first-order chi connectivity index (χ1) is 5.20. The van der Waals surface area contributed by atoms with Gasteiger partial charge >= 0.3 is 5.97 Å². The van der Waals surface area contributed by atoms with Crippen molar-refractivity contribution >= 4 is 5.97 Å². The van der Waals surface area contributed by atoms with E-state index in [1.165, 1.54) is 6.20 Å². The Kier molecular flexibility index (Phi) is 2.25. The average molecular weight is 155 g/mol. The van der Waals surface area contributed by atoms with E-state index >= 15 is 0 Å². The Balaban J connectivity index is 2.56. The van der Waals surface area contributed by atoms with Gasteiger partial charge in [-0.25, -0.2) is 0 Å². The highest BCUT2D eigenvalue weighted by Gasteiger charge is 2.12. The van der Waals surface area contributed by atoms with E-state index in [2.05, 4.69) is 5.16 Å². The standard InChI is InChI=1S/C7H9NO3/c1-5(4-7(9)10)6-2-3-8-11-6/h2-3,5H,4H2,1H3,(H,9,10). The largest absolute Gasteiger partial charge is 0.481 e. The number of rotatable bonds is 3. The second-order valence-electron chi connectivity index (χ2n) is 2.41. The molecule has 0 aliphatic carbocycles. The molecule has 0 bridgehead atoms. The molecule has 11 heavy (non-hydrogen) atoms. The zero-order chi connectivity index (χ0) is 8.27. The molecule has 0 saturated heterocycles. The predicted molar refractivity (Wildman–Crippen MR) is 37.2 cm³/mol. The van der Waals surface area contributed by atoms with Gasteiger partial charge in [0.1, 0.15) is 5.76 Å². The second-order valence-corrected chi connectivity index (χ2v) is 2.41. The molecule has 1 N–H and O–H groups in total. The Morgan fingerprint density at radius 3 is 3.09 bits per heavy atom. The quantitative estimate of drug-likeness (QED) is 0.713. The minimum atomic E-state index is -0.825. The van der Waals surface area contributed by atoms with Gasteiger partial charge in [-0.1, -0.05) is 12.1 Å². The third kappa shape index (κ3) is 2.07. The molecule has 0 aliphatic rings. The average Bonchev–Trinajstić information content (AvgIpc) is 2.35. The van der Waals surface area contributed by atoms with Crippen LogP contribution in [0.5, 0.6) is 0 Å². The van der Waals surface area contributed by atoms with E-state index < -0.39 is 5.97 Å². The van der Waals surface area contributed by atoms with Crippen LogP contribution in [0.4, 0.5) is 0 Å². The maximum Gasteiger partial charge on any atom is 0.304 e. The number of aromatic nitrogens is 1. The Bertz CT molecular complexity index is 230. The summed E-state index contributed by atoms with van der Waals surface area (Å²) in [5.41, 5.74) is 0. The summed E-state index contributed by atoms with van der Waals surface area (Å²) in [6, 6.07) is 1.67. The first-order valence-corrected chi connectivity index (χ1v) is 3.32. The zero-order valence-corrected chi connectivity index (χ0v) is 6.15. The Morgan fingerprint density at radius 1 is 1.91 bits per heavy atom. The zero-order valence-electron chi connectivity index (χ0n) is 6.15. The fourth-order valence-electron chi connectivity index (χ4n) is 0.842. The summed E-state index contributed by atoms with van der Waals surface area (Å²) in [4.78, 5) is 10.2. The summed E-state index contributed by atoms with van der Waals surface area (Å²) >= 11 is 0. The van der Waals surface area contributed by atoms with Gasteiger partial charge in [0.25, 0.3) is 0 Å². The summed E-state index contributed by atoms with van der Waals surface area (Å²) in [7, 11) is 0. The Labute approximate surface area is 63.8 Å². The summed E-state index contributed by atoms with van der Waals surface area (Å²) < 4.78 is 4.78. The summed E-state index contributed by atoms with van der Waals surface area (Å²) in [5.74, 6) is -0.309.